The average Bonchev–Trinajstić information content (AvgIpc) is 2.33. The summed E-state index contributed by atoms with van der Waals surface area (Å²) in [4.78, 5) is 26.3. The number of hydrogen-bond acceptors (Lipinski definition) is 4. The van der Waals surface area contributed by atoms with Crippen LogP contribution in [0.25, 0.3) is 0 Å². The molecule has 0 saturated carbocycles. The highest BCUT2D eigenvalue weighted by molar-refractivity contribution is 5.98. The van der Waals surface area contributed by atoms with Crippen molar-refractivity contribution in [1.82, 2.24) is 4.90 Å². The molecule has 0 aliphatic carbocycles. The van der Waals surface area contributed by atoms with Gasteiger partial charge in [-0.05, 0) is 12.3 Å². The fourth-order valence-electron chi connectivity index (χ4n) is 1.88. The number of methoxy groups -OCH3 is 1. The molecule has 0 aliphatic heterocycles. The van der Waals surface area contributed by atoms with Gasteiger partial charge in [-0.3, -0.25) is 9.59 Å². The summed E-state index contributed by atoms with van der Waals surface area (Å²) in [6.45, 7) is 12.4. The Morgan fingerprint density at radius 1 is 1.35 bits per heavy atom. The Hall–Kier alpha value is -1.36. The molecule has 0 aromatic carbocycles. The van der Waals surface area contributed by atoms with E-state index >= 15 is 0 Å². The fraction of sp³-hybridized carbons (Fsp3) is 0.733. The molecule has 0 aliphatic rings. The predicted octanol–water partition coefficient (Wildman–Crippen LogP) is 1.87. The number of ether oxygens (including phenoxy) is 2. The van der Waals surface area contributed by atoms with E-state index in [0.717, 1.165) is 0 Å². The maximum atomic E-state index is 12.6. The number of rotatable bonds is 8. The lowest BCUT2D eigenvalue weighted by Crippen LogP contribution is -2.47. The van der Waals surface area contributed by atoms with Gasteiger partial charge in [-0.2, -0.15) is 0 Å². The highest BCUT2D eigenvalue weighted by atomic mass is 16.5. The lowest BCUT2D eigenvalue weighted by molar-refractivity contribution is -0.160. The van der Waals surface area contributed by atoms with E-state index in [1.807, 2.05) is 20.8 Å². The van der Waals surface area contributed by atoms with Crippen LogP contribution in [-0.2, 0) is 19.1 Å². The molecule has 5 nitrogen and oxygen atoms in total. The van der Waals surface area contributed by atoms with Gasteiger partial charge < -0.3 is 14.4 Å². The SMILES string of the molecule is C=CCN(CCOC)C(=O)C(C(=O)OCC)C(C)(C)C. The summed E-state index contributed by atoms with van der Waals surface area (Å²) < 4.78 is 10.0. The average molecular weight is 285 g/mol. The normalized spacial score (nSPS) is 12.7. The molecule has 0 spiro atoms. The van der Waals surface area contributed by atoms with Crippen LogP contribution in [0.3, 0.4) is 0 Å². The monoisotopic (exact) mass is 285 g/mol. The van der Waals surface area contributed by atoms with Crippen molar-refractivity contribution in [2.24, 2.45) is 11.3 Å². The second-order valence-corrected chi connectivity index (χ2v) is 5.62. The van der Waals surface area contributed by atoms with Crippen molar-refractivity contribution in [3.8, 4) is 0 Å². The van der Waals surface area contributed by atoms with E-state index in [2.05, 4.69) is 6.58 Å². The molecule has 0 aromatic rings. The Labute approximate surface area is 121 Å². The van der Waals surface area contributed by atoms with Gasteiger partial charge in [0.05, 0.1) is 13.2 Å². The van der Waals surface area contributed by atoms with Gasteiger partial charge >= 0.3 is 5.97 Å². The molecule has 20 heavy (non-hydrogen) atoms. The van der Waals surface area contributed by atoms with Crippen molar-refractivity contribution >= 4 is 11.9 Å². The van der Waals surface area contributed by atoms with E-state index in [9.17, 15) is 9.59 Å². The topological polar surface area (TPSA) is 55.8 Å². The molecule has 5 heteroatoms. The molecule has 0 saturated heterocycles. The number of esters is 1. The Kier molecular flexibility index (Phi) is 8.15. The van der Waals surface area contributed by atoms with Crippen LogP contribution in [0.1, 0.15) is 27.7 Å². The molecular weight excluding hydrogens is 258 g/mol. The van der Waals surface area contributed by atoms with Crippen molar-refractivity contribution in [2.75, 3.05) is 33.4 Å². The molecular formula is C15H27NO4. The second-order valence-electron chi connectivity index (χ2n) is 5.62. The molecule has 0 fully saturated rings. The third-order valence-electron chi connectivity index (χ3n) is 2.86. The zero-order valence-electron chi connectivity index (χ0n) is 13.3. The van der Waals surface area contributed by atoms with Crippen molar-refractivity contribution in [1.29, 1.82) is 0 Å². The molecule has 1 unspecified atom stereocenters. The van der Waals surface area contributed by atoms with Crippen LogP contribution in [0.4, 0.5) is 0 Å². The lowest BCUT2D eigenvalue weighted by Gasteiger charge is -2.32. The van der Waals surface area contributed by atoms with Gasteiger partial charge in [-0.25, -0.2) is 0 Å². The van der Waals surface area contributed by atoms with Crippen molar-refractivity contribution in [2.45, 2.75) is 27.7 Å². The second kappa shape index (κ2) is 8.74. The summed E-state index contributed by atoms with van der Waals surface area (Å²) in [6.07, 6.45) is 1.64. The zero-order chi connectivity index (χ0) is 15.8. The standard InChI is InChI=1S/C15H27NO4/c1-7-9-16(10-11-19-6)13(17)12(15(3,4)5)14(18)20-8-2/h7,12H,1,8-11H2,2-6H3. The smallest absolute Gasteiger partial charge is 0.319 e. The van der Waals surface area contributed by atoms with Gasteiger partial charge in [0.2, 0.25) is 5.91 Å². The van der Waals surface area contributed by atoms with Gasteiger partial charge in [-0.1, -0.05) is 26.8 Å². The minimum absolute atomic E-state index is 0.243. The van der Waals surface area contributed by atoms with Crippen molar-refractivity contribution < 1.29 is 19.1 Å². The minimum atomic E-state index is -0.820. The highest BCUT2D eigenvalue weighted by Gasteiger charge is 2.40. The molecule has 0 bridgehead atoms. The first-order valence-corrected chi connectivity index (χ1v) is 6.84. The number of amides is 1. The molecule has 0 N–H and O–H groups in total. The van der Waals surface area contributed by atoms with Crippen LogP contribution in [0.15, 0.2) is 12.7 Å². The van der Waals surface area contributed by atoms with Crippen LogP contribution >= 0.6 is 0 Å². The van der Waals surface area contributed by atoms with Gasteiger partial charge in [0.1, 0.15) is 5.92 Å². The van der Waals surface area contributed by atoms with Crippen LogP contribution in [0.5, 0.6) is 0 Å². The Morgan fingerprint density at radius 3 is 2.35 bits per heavy atom. The highest BCUT2D eigenvalue weighted by Crippen LogP contribution is 2.29. The predicted molar refractivity (Wildman–Crippen MR) is 78.2 cm³/mol. The maximum absolute atomic E-state index is 12.6. The van der Waals surface area contributed by atoms with Gasteiger partial charge in [0.25, 0.3) is 0 Å². The van der Waals surface area contributed by atoms with E-state index in [4.69, 9.17) is 9.47 Å². The molecule has 0 heterocycles. The first-order chi connectivity index (χ1) is 9.29. The Balaban J connectivity index is 5.16. The molecule has 1 atom stereocenters. The summed E-state index contributed by atoms with van der Waals surface area (Å²) in [5.74, 6) is -1.54. The van der Waals surface area contributed by atoms with Crippen LogP contribution in [0.2, 0.25) is 0 Å². The zero-order valence-corrected chi connectivity index (χ0v) is 13.3. The number of nitrogens with zero attached hydrogens (tertiary/aromatic N) is 1. The third kappa shape index (κ3) is 5.74. The quantitative estimate of drug-likeness (QED) is 0.388. The van der Waals surface area contributed by atoms with Crippen molar-refractivity contribution in [3.05, 3.63) is 12.7 Å². The Morgan fingerprint density at radius 2 is 1.95 bits per heavy atom. The number of carbonyl (C=O) groups is 2. The summed E-state index contributed by atoms with van der Waals surface area (Å²) in [5, 5.41) is 0. The largest absolute Gasteiger partial charge is 0.465 e. The lowest BCUT2D eigenvalue weighted by atomic mass is 9.79. The van der Waals surface area contributed by atoms with Gasteiger partial charge in [-0.15, -0.1) is 6.58 Å². The molecule has 116 valence electrons. The molecule has 1 amide bonds. The van der Waals surface area contributed by atoms with E-state index in [-0.39, 0.29) is 12.5 Å². The molecule has 0 aromatic heterocycles. The first kappa shape index (κ1) is 18.6. The van der Waals surface area contributed by atoms with Crippen LogP contribution < -0.4 is 0 Å². The van der Waals surface area contributed by atoms with Gasteiger partial charge in [0, 0.05) is 20.2 Å². The fourth-order valence-corrected chi connectivity index (χ4v) is 1.88. The van der Waals surface area contributed by atoms with E-state index in [0.29, 0.717) is 19.7 Å². The van der Waals surface area contributed by atoms with E-state index in [1.54, 1.807) is 25.0 Å². The summed E-state index contributed by atoms with van der Waals surface area (Å²) in [6, 6.07) is 0. The van der Waals surface area contributed by atoms with Crippen LogP contribution in [0, 0.1) is 11.3 Å². The van der Waals surface area contributed by atoms with Crippen LogP contribution in [-0.4, -0.2) is 50.2 Å². The van der Waals surface area contributed by atoms with E-state index in [1.165, 1.54) is 0 Å². The van der Waals surface area contributed by atoms with Gasteiger partial charge in [0.15, 0.2) is 0 Å². The first-order valence-electron chi connectivity index (χ1n) is 6.84. The summed E-state index contributed by atoms with van der Waals surface area (Å²) in [7, 11) is 1.57. The molecule has 0 radical (unpaired) electrons. The third-order valence-corrected chi connectivity index (χ3v) is 2.86. The maximum Gasteiger partial charge on any atom is 0.319 e. The summed E-state index contributed by atoms with van der Waals surface area (Å²) in [5.41, 5.74) is -0.504. The number of hydrogen-bond donors (Lipinski definition) is 0. The molecule has 0 rings (SSSR count). The summed E-state index contributed by atoms with van der Waals surface area (Å²) >= 11 is 0. The van der Waals surface area contributed by atoms with Crippen molar-refractivity contribution in [3.63, 3.8) is 0 Å². The number of carbonyl (C=O) groups excluding carboxylic acids is 2. The Bertz CT molecular complexity index is 333. The van der Waals surface area contributed by atoms with E-state index < -0.39 is 17.3 Å². The minimum Gasteiger partial charge on any atom is -0.465 e.